The molecule has 0 aliphatic rings. The lowest BCUT2D eigenvalue weighted by atomic mass is 10.2. The minimum absolute atomic E-state index is 0.0216. The molecule has 0 amide bonds. The summed E-state index contributed by atoms with van der Waals surface area (Å²) in [6, 6.07) is 7.42. The second-order valence-corrected chi connectivity index (χ2v) is 3.78. The molecule has 0 radical (unpaired) electrons. The second kappa shape index (κ2) is 5.10. The monoisotopic (exact) mass is 250 g/mol. The number of halogens is 2. The van der Waals surface area contributed by atoms with Crippen LogP contribution in [-0.2, 0) is 6.61 Å². The van der Waals surface area contributed by atoms with Gasteiger partial charge in [0.15, 0.2) is 11.6 Å². The first-order valence-electron chi connectivity index (χ1n) is 5.37. The summed E-state index contributed by atoms with van der Waals surface area (Å²) in [5.74, 6) is -1.13. The molecular formula is C13H12F2N2O. The van der Waals surface area contributed by atoms with E-state index in [1.54, 1.807) is 12.1 Å². The van der Waals surface area contributed by atoms with Gasteiger partial charge in [-0.3, -0.25) is 0 Å². The summed E-state index contributed by atoms with van der Waals surface area (Å²) in [7, 11) is 1.52. The van der Waals surface area contributed by atoms with Gasteiger partial charge in [-0.05, 0) is 18.2 Å². The molecule has 18 heavy (non-hydrogen) atoms. The number of aliphatic hydroxyl groups is 1. The predicted octanol–water partition coefficient (Wildman–Crippen LogP) is 2.62. The molecular weight excluding hydrogens is 238 g/mol. The van der Waals surface area contributed by atoms with Crippen LogP contribution in [0.2, 0.25) is 0 Å². The molecule has 3 nitrogen and oxygen atoms in total. The molecule has 0 saturated heterocycles. The first-order chi connectivity index (χ1) is 8.65. The van der Waals surface area contributed by atoms with E-state index in [-0.39, 0.29) is 17.1 Å². The molecule has 0 saturated carbocycles. The summed E-state index contributed by atoms with van der Waals surface area (Å²) in [6.45, 7) is -0.424. The van der Waals surface area contributed by atoms with Crippen molar-refractivity contribution in [1.29, 1.82) is 0 Å². The van der Waals surface area contributed by atoms with Crippen LogP contribution < -0.4 is 4.90 Å². The molecule has 0 aliphatic heterocycles. The van der Waals surface area contributed by atoms with E-state index in [0.717, 1.165) is 0 Å². The van der Waals surface area contributed by atoms with Gasteiger partial charge in [0.1, 0.15) is 5.82 Å². The minimum Gasteiger partial charge on any atom is -0.392 e. The molecule has 0 atom stereocenters. The maximum absolute atomic E-state index is 14.0. The van der Waals surface area contributed by atoms with Crippen LogP contribution >= 0.6 is 0 Å². The van der Waals surface area contributed by atoms with Crippen molar-refractivity contribution in [1.82, 2.24) is 4.98 Å². The van der Waals surface area contributed by atoms with Crippen molar-refractivity contribution in [2.24, 2.45) is 0 Å². The highest BCUT2D eigenvalue weighted by Crippen LogP contribution is 2.27. The molecule has 0 unspecified atom stereocenters. The molecule has 0 bridgehead atoms. The van der Waals surface area contributed by atoms with Gasteiger partial charge in [-0.25, -0.2) is 13.8 Å². The van der Waals surface area contributed by atoms with Crippen molar-refractivity contribution in [2.75, 3.05) is 11.9 Å². The predicted molar refractivity (Wildman–Crippen MR) is 64.6 cm³/mol. The topological polar surface area (TPSA) is 36.4 Å². The van der Waals surface area contributed by atoms with Crippen LogP contribution in [0.3, 0.4) is 0 Å². The van der Waals surface area contributed by atoms with Gasteiger partial charge in [-0.15, -0.1) is 0 Å². The fourth-order valence-corrected chi connectivity index (χ4v) is 1.67. The Morgan fingerprint density at radius 2 is 1.94 bits per heavy atom. The maximum Gasteiger partial charge on any atom is 0.171 e. The number of hydrogen-bond acceptors (Lipinski definition) is 3. The molecule has 1 N–H and O–H groups in total. The normalized spacial score (nSPS) is 10.4. The van der Waals surface area contributed by atoms with E-state index in [9.17, 15) is 8.78 Å². The SMILES string of the molecule is CN(c1ccccc1F)c1nccc(CO)c1F. The molecule has 0 aliphatic carbocycles. The maximum atomic E-state index is 14.0. The van der Waals surface area contributed by atoms with Crippen LogP contribution in [0.5, 0.6) is 0 Å². The fourth-order valence-electron chi connectivity index (χ4n) is 1.67. The van der Waals surface area contributed by atoms with Crippen molar-refractivity contribution in [3.8, 4) is 0 Å². The molecule has 0 spiro atoms. The molecule has 2 rings (SSSR count). The summed E-state index contributed by atoms with van der Waals surface area (Å²) in [6.07, 6.45) is 1.38. The van der Waals surface area contributed by atoms with Crippen molar-refractivity contribution in [3.63, 3.8) is 0 Å². The van der Waals surface area contributed by atoms with Crippen LogP contribution in [0.15, 0.2) is 36.5 Å². The number of rotatable bonds is 3. The molecule has 0 fully saturated rings. The lowest BCUT2D eigenvalue weighted by Gasteiger charge is -2.20. The van der Waals surface area contributed by atoms with Gasteiger partial charge in [0.25, 0.3) is 0 Å². The van der Waals surface area contributed by atoms with Gasteiger partial charge in [0.2, 0.25) is 0 Å². The largest absolute Gasteiger partial charge is 0.392 e. The van der Waals surface area contributed by atoms with E-state index in [4.69, 9.17) is 5.11 Å². The van der Waals surface area contributed by atoms with Gasteiger partial charge in [0, 0.05) is 18.8 Å². The third kappa shape index (κ3) is 2.17. The third-order valence-electron chi connectivity index (χ3n) is 2.65. The Morgan fingerprint density at radius 3 is 2.61 bits per heavy atom. The summed E-state index contributed by atoms with van der Waals surface area (Å²) in [5.41, 5.74) is 0.349. The molecule has 1 heterocycles. The highest BCUT2D eigenvalue weighted by atomic mass is 19.1. The smallest absolute Gasteiger partial charge is 0.171 e. The van der Waals surface area contributed by atoms with E-state index >= 15 is 0 Å². The molecule has 1 aromatic heterocycles. The van der Waals surface area contributed by atoms with Gasteiger partial charge < -0.3 is 10.0 Å². The highest BCUT2D eigenvalue weighted by molar-refractivity contribution is 5.60. The van der Waals surface area contributed by atoms with Crippen molar-refractivity contribution < 1.29 is 13.9 Å². The number of para-hydroxylation sites is 1. The van der Waals surface area contributed by atoms with E-state index < -0.39 is 18.2 Å². The summed E-state index contributed by atoms with van der Waals surface area (Å²) in [4.78, 5) is 5.19. The van der Waals surface area contributed by atoms with Crippen LogP contribution in [-0.4, -0.2) is 17.1 Å². The van der Waals surface area contributed by atoms with E-state index in [2.05, 4.69) is 4.98 Å². The van der Waals surface area contributed by atoms with E-state index in [0.29, 0.717) is 0 Å². The van der Waals surface area contributed by atoms with Gasteiger partial charge in [0.05, 0.1) is 12.3 Å². The van der Waals surface area contributed by atoms with Gasteiger partial charge in [-0.2, -0.15) is 0 Å². The number of benzene rings is 1. The Morgan fingerprint density at radius 1 is 1.22 bits per heavy atom. The molecule has 2 aromatic rings. The number of hydrogen-bond donors (Lipinski definition) is 1. The number of aromatic nitrogens is 1. The standard InChI is InChI=1S/C13H12F2N2O/c1-17(11-5-3-2-4-10(11)14)13-12(15)9(8-18)6-7-16-13/h2-7,18H,8H2,1H3. The Labute approximate surface area is 103 Å². The molecule has 5 heteroatoms. The zero-order chi connectivity index (χ0) is 13.1. The average Bonchev–Trinajstić information content (AvgIpc) is 2.39. The number of nitrogens with zero attached hydrogens (tertiary/aromatic N) is 2. The lowest BCUT2D eigenvalue weighted by Crippen LogP contribution is -2.15. The van der Waals surface area contributed by atoms with Crippen LogP contribution in [0.25, 0.3) is 0 Å². The van der Waals surface area contributed by atoms with Crippen molar-refractivity contribution >= 4 is 11.5 Å². The van der Waals surface area contributed by atoms with Crippen LogP contribution in [0, 0.1) is 11.6 Å². The van der Waals surface area contributed by atoms with E-state index in [1.807, 2.05) is 0 Å². The summed E-state index contributed by atoms with van der Waals surface area (Å²) in [5, 5.41) is 8.99. The Bertz CT molecular complexity index is 560. The highest BCUT2D eigenvalue weighted by Gasteiger charge is 2.16. The van der Waals surface area contributed by atoms with Crippen LogP contribution in [0.4, 0.5) is 20.3 Å². The lowest BCUT2D eigenvalue weighted by molar-refractivity contribution is 0.275. The van der Waals surface area contributed by atoms with Crippen molar-refractivity contribution in [3.05, 3.63) is 53.7 Å². The fraction of sp³-hybridized carbons (Fsp3) is 0.154. The first-order valence-corrected chi connectivity index (χ1v) is 5.37. The van der Waals surface area contributed by atoms with Crippen LogP contribution in [0.1, 0.15) is 5.56 Å². The Kier molecular flexibility index (Phi) is 3.53. The van der Waals surface area contributed by atoms with E-state index in [1.165, 1.54) is 36.3 Å². The summed E-state index contributed by atoms with van der Waals surface area (Å²) < 4.78 is 27.6. The number of pyridine rings is 1. The second-order valence-electron chi connectivity index (χ2n) is 3.78. The zero-order valence-corrected chi connectivity index (χ0v) is 9.77. The molecule has 1 aromatic carbocycles. The third-order valence-corrected chi connectivity index (χ3v) is 2.65. The Hall–Kier alpha value is -2.01. The van der Waals surface area contributed by atoms with Gasteiger partial charge in [-0.1, -0.05) is 12.1 Å². The Balaban J connectivity index is 2.47. The quantitative estimate of drug-likeness (QED) is 0.909. The summed E-state index contributed by atoms with van der Waals surface area (Å²) >= 11 is 0. The molecule has 94 valence electrons. The first kappa shape index (κ1) is 12.4. The van der Waals surface area contributed by atoms with Crippen molar-refractivity contribution in [2.45, 2.75) is 6.61 Å². The minimum atomic E-state index is -0.647. The average molecular weight is 250 g/mol. The zero-order valence-electron chi connectivity index (χ0n) is 9.77. The number of anilines is 2. The number of aliphatic hydroxyl groups excluding tert-OH is 1. The van der Waals surface area contributed by atoms with Gasteiger partial charge >= 0.3 is 0 Å².